The molecule has 2 aromatic carbocycles. The lowest BCUT2D eigenvalue weighted by molar-refractivity contribution is 0.705. The van der Waals surface area contributed by atoms with Gasteiger partial charge in [0.05, 0.1) is 11.6 Å². The molecule has 5 rings (SSSR count). The normalized spacial score (nSPS) is 13.5. The molecule has 0 saturated heterocycles. The van der Waals surface area contributed by atoms with Crippen LogP contribution < -0.4 is 10.6 Å². The Hall–Kier alpha value is -3.67. The van der Waals surface area contributed by atoms with Gasteiger partial charge in [0.15, 0.2) is 0 Å². The zero-order valence-electron chi connectivity index (χ0n) is 16.0. The largest absolute Gasteiger partial charge is 0.384 e. The molecule has 1 aliphatic rings. The zero-order valence-corrected chi connectivity index (χ0v) is 16.0. The van der Waals surface area contributed by atoms with Crippen molar-refractivity contribution >= 4 is 11.6 Å². The van der Waals surface area contributed by atoms with Crippen molar-refractivity contribution in [2.45, 2.75) is 18.9 Å². The van der Waals surface area contributed by atoms with Gasteiger partial charge in [0.25, 0.3) is 0 Å². The molecule has 6 heteroatoms. The van der Waals surface area contributed by atoms with Crippen LogP contribution in [0.2, 0.25) is 0 Å². The molecular formula is C23H22N6. The third-order valence-corrected chi connectivity index (χ3v) is 5.50. The molecule has 4 aromatic rings. The minimum atomic E-state index is 0.0767. The van der Waals surface area contributed by atoms with Crippen molar-refractivity contribution in [2.75, 3.05) is 17.2 Å². The first-order valence-electron chi connectivity index (χ1n) is 9.78. The number of hydrogen-bond acceptors (Lipinski definition) is 5. The van der Waals surface area contributed by atoms with E-state index in [0.717, 1.165) is 31.0 Å². The van der Waals surface area contributed by atoms with Gasteiger partial charge in [-0.2, -0.15) is 5.10 Å². The van der Waals surface area contributed by atoms with Gasteiger partial charge in [-0.05, 0) is 11.1 Å². The highest BCUT2D eigenvalue weighted by atomic mass is 15.2. The van der Waals surface area contributed by atoms with E-state index in [9.17, 15) is 0 Å². The van der Waals surface area contributed by atoms with Crippen LogP contribution in [0.1, 0.15) is 34.0 Å². The standard InChI is InChI=1S/C23H22N6/c24-20-13-21(26-15-25-20)29-12-11-19-18(14-29)23(28-27-19)22(16-7-3-1-4-8-16)17-9-5-2-6-10-17/h1-10,13,15,22H,11-12,14H2,(H,27,28)(H2,24,25,26). The molecule has 0 aliphatic carbocycles. The van der Waals surface area contributed by atoms with Crippen LogP contribution in [0.25, 0.3) is 0 Å². The zero-order chi connectivity index (χ0) is 19.6. The Labute approximate surface area is 169 Å². The van der Waals surface area contributed by atoms with Crippen LogP contribution in [0.5, 0.6) is 0 Å². The number of benzene rings is 2. The number of nitrogens with one attached hydrogen (secondary N) is 1. The summed E-state index contributed by atoms with van der Waals surface area (Å²) in [5.74, 6) is 1.42. The number of H-pyrrole nitrogens is 1. The van der Waals surface area contributed by atoms with Gasteiger partial charge in [0, 0.05) is 36.8 Å². The summed E-state index contributed by atoms with van der Waals surface area (Å²) in [6.07, 6.45) is 2.41. The molecule has 0 saturated carbocycles. The molecule has 3 N–H and O–H groups in total. The Balaban J connectivity index is 1.57. The first-order valence-corrected chi connectivity index (χ1v) is 9.78. The Morgan fingerprint density at radius 3 is 2.28 bits per heavy atom. The summed E-state index contributed by atoms with van der Waals surface area (Å²) in [5, 5.41) is 8.08. The summed E-state index contributed by atoms with van der Waals surface area (Å²) < 4.78 is 0. The second kappa shape index (κ2) is 7.39. The highest BCUT2D eigenvalue weighted by Gasteiger charge is 2.28. The van der Waals surface area contributed by atoms with E-state index >= 15 is 0 Å². The number of fused-ring (bicyclic) bond motifs is 1. The number of rotatable bonds is 4. The fraction of sp³-hybridized carbons (Fsp3) is 0.174. The SMILES string of the molecule is Nc1cc(N2CCc3[nH]nc(C(c4ccccc4)c4ccccc4)c3C2)ncn1. The van der Waals surface area contributed by atoms with Crippen molar-refractivity contribution in [3.8, 4) is 0 Å². The van der Waals surface area contributed by atoms with Gasteiger partial charge in [-0.3, -0.25) is 5.10 Å². The Morgan fingerprint density at radius 2 is 1.62 bits per heavy atom. The summed E-state index contributed by atoms with van der Waals surface area (Å²) in [4.78, 5) is 10.7. The fourth-order valence-corrected chi connectivity index (χ4v) is 4.09. The van der Waals surface area contributed by atoms with E-state index in [2.05, 4.69) is 68.5 Å². The average molecular weight is 382 g/mol. The molecule has 144 valence electrons. The third kappa shape index (κ3) is 3.33. The van der Waals surface area contributed by atoms with Crippen molar-refractivity contribution in [2.24, 2.45) is 0 Å². The lowest BCUT2D eigenvalue weighted by Gasteiger charge is -2.29. The highest BCUT2D eigenvalue weighted by molar-refractivity contribution is 5.51. The number of aromatic amines is 1. The molecule has 0 bridgehead atoms. The number of nitrogens with two attached hydrogens (primary N) is 1. The predicted octanol–water partition coefficient (Wildman–Crippen LogP) is 3.52. The van der Waals surface area contributed by atoms with Gasteiger partial charge in [-0.1, -0.05) is 60.7 Å². The maximum Gasteiger partial charge on any atom is 0.134 e. The highest BCUT2D eigenvalue weighted by Crippen LogP contribution is 2.36. The maximum atomic E-state index is 5.87. The van der Waals surface area contributed by atoms with E-state index in [4.69, 9.17) is 10.8 Å². The number of aromatic nitrogens is 4. The smallest absolute Gasteiger partial charge is 0.134 e. The van der Waals surface area contributed by atoms with Crippen LogP contribution in [0, 0.1) is 0 Å². The van der Waals surface area contributed by atoms with Crippen molar-refractivity contribution in [1.29, 1.82) is 0 Å². The van der Waals surface area contributed by atoms with Crippen LogP contribution in [-0.2, 0) is 13.0 Å². The van der Waals surface area contributed by atoms with E-state index in [1.165, 1.54) is 28.7 Å². The van der Waals surface area contributed by atoms with Gasteiger partial charge >= 0.3 is 0 Å². The molecule has 29 heavy (non-hydrogen) atoms. The monoisotopic (exact) mass is 382 g/mol. The first kappa shape index (κ1) is 17.4. The molecule has 3 heterocycles. The van der Waals surface area contributed by atoms with Crippen LogP contribution in [0.15, 0.2) is 73.1 Å². The molecule has 0 unspecified atom stereocenters. The van der Waals surface area contributed by atoms with Gasteiger partial charge in [0.2, 0.25) is 0 Å². The van der Waals surface area contributed by atoms with Crippen molar-refractivity contribution in [1.82, 2.24) is 20.2 Å². The van der Waals surface area contributed by atoms with E-state index in [1.54, 1.807) is 0 Å². The molecule has 2 aromatic heterocycles. The summed E-state index contributed by atoms with van der Waals surface area (Å²) in [6.45, 7) is 1.61. The number of nitrogen functional groups attached to an aromatic ring is 1. The lowest BCUT2D eigenvalue weighted by Crippen LogP contribution is -2.31. The van der Waals surface area contributed by atoms with Gasteiger partial charge < -0.3 is 10.6 Å². The molecule has 1 aliphatic heterocycles. The Bertz CT molecular complexity index is 1070. The topological polar surface area (TPSA) is 83.7 Å². The second-order valence-corrected chi connectivity index (χ2v) is 7.29. The molecule has 0 atom stereocenters. The van der Waals surface area contributed by atoms with Gasteiger partial charge in [0.1, 0.15) is 18.0 Å². The first-order chi connectivity index (χ1) is 14.3. The van der Waals surface area contributed by atoms with Crippen molar-refractivity contribution < 1.29 is 0 Å². The summed E-state index contributed by atoms with van der Waals surface area (Å²) in [6, 6.07) is 22.9. The molecule has 6 nitrogen and oxygen atoms in total. The van der Waals surface area contributed by atoms with Crippen LogP contribution in [0.4, 0.5) is 11.6 Å². The number of hydrogen-bond donors (Lipinski definition) is 2. The van der Waals surface area contributed by atoms with Gasteiger partial charge in [-0.25, -0.2) is 9.97 Å². The quantitative estimate of drug-likeness (QED) is 0.564. The number of anilines is 2. The average Bonchev–Trinajstić information content (AvgIpc) is 3.18. The second-order valence-electron chi connectivity index (χ2n) is 7.29. The summed E-state index contributed by atoms with van der Waals surface area (Å²) in [5.41, 5.74) is 11.9. The third-order valence-electron chi connectivity index (χ3n) is 5.50. The van der Waals surface area contributed by atoms with E-state index in [0.29, 0.717) is 5.82 Å². The molecular weight excluding hydrogens is 360 g/mol. The van der Waals surface area contributed by atoms with E-state index in [1.807, 2.05) is 18.2 Å². The van der Waals surface area contributed by atoms with Crippen molar-refractivity contribution in [3.05, 3.63) is 101 Å². The summed E-state index contributed by atoms with van der Waals surface area (Å²) in [7, 11) is 0. The minimum absolute atomic E-state index is 0.0767. The number of nitrogens with zero attached hydrogens (tertiary/aromatic N) is 4. The van der Waals surface area contributed by atoms with Crippen LogP contribution in [-0.4, -0.2) is 26.7 Å². The Kier molecular flexibility index (Phi) is 4.44. The van der Waals surface area contributed by atoms with E-state index < -0.39 is 0 Å². The van der Waals surface area contributed by atoms with Crippen molar-refractivity contribution in [3.63, 3.8) is 0 Å². The fourth-order valence-electron chi connectivity index (χ4n) is 4.09. The van der Waals surface area contributed by atoms with Crippen LogP contribution in [0.3, 0.4) is 0 Å². The van der Waals surface area contributed by atoms with Gasteiger partial charge in [-0.15, -0.1) is 0 Å². The minimum Gasteiger partial charge on any atom is -0.384 e. The maximum absolute atomic E-state index is 5.87. The Morgan fingerprint density at radius 1 is 0.931 bits per heavy atom. The lowest BCUT2D eigenvalue weighted by atomic mass is 9.85. The molecule has 0 spiro atoms. The molecule has 0 fully saturated rings. The predicted molar refractivity (Wildman–Crippen MR) is 114 cm³/mol. The molecule has 0 radical (unpaired) electrons. The van der Waals surface area contributed by atoms with Crippen LogP contribution >= 0.6 is 0 Å². The summed E-state index contributed by atoms with van der Waals surface area (Å²) >= 11 is 0. The van der Waals surface area contributed by atoms with E-state index in [-0.39, 0.29) is 5.92 Å². The molecule has 0 amide bonds.